The van der Waals surface area contributed by atoms with Gasteiger partial charge in [0.15, 0.2) is 0 Å². The number of carbonyl (C=O) groups excluding carboxylic acids is 1. The van der Waals surface area contributed by atoms with Crippen LogP contribution in [0.25, 0.3) is 6.08 Å². The highest BCUT2D eigenvalue weighted by atomic mass is 79.9. The number of benzene rings is 1. The number of carbonyl (C=O) groups is 1. The maximum Gasteiger partial charge on any atom is 0.330 e. The first-order valence-corrected chi connectivity index (χ1v) is 4.68. The zero-order chi connectivity index (χ0) is 10.6. The zero-order valence-electron chi connectivity index (χ0n) is 7.53. The highest BCUT2D eigenvalue weighted by Gasteiger charge is 2.01. The van der Waals surface area contributed by atoms with Crippen molar-refractivity contribution in [2.75, 3.05) is 7.11 Å². The number of ether oxygens (including phenoxy) is 1. The van der Waals surface area contributed by atoms with Gasteiger partial charge in [-0.3, -0.25) is 0 Å². The number of esters is 1. The molecule has 0 heterocycles. The topological polar surface area (TPSA) is 46.5 Å². The van der Waals surface area contributed by atoms with E-state index in [1.54, 1.807) is 24.3 Å². The van der Waals surface area contributed by atoms with Crippen molar-refractivity contribution < 1.29 is 14.6 Å². The molecule has 4 heteroatoms. The summed E-state index contributed by atoms with van der Waals surface area (Å²) in [7, 11) is 1.31. The minimum Gasteiger partial charge on any atom is -0.507 e. The monoisotopic (exact) mass is 256 g/mol. The van der Waals surface area contributed by atoms with Crippen LogP contribution >= 0.6 is 15.9 Å². The first-order valence-electron chi connectivity index (χ1n) is 3.88. The van der Waals surface area contributed by atoms with Crippen molar-refractivity contribution in [2.24, 2.45) is 0 Å². The molecule has 0 aromatic heterocycles. The maximum absolute atomic E-state index is 10.8. The molecule has 0 atom stereocenters. The van der Waals surface area contributed by atoms with Gasteiger partial charge in [-0.05, 0) is 33.6 Å². The van der Waals surface area contributed by atoms with Crippen molar-refractivity contribution in [2.45, 2.75) is 0 Å². The molecular weight excluding hydrogens is 248 g/mol. The van der Waals surface area contributed by atoms with Crippen molar-refractivity contribution in [1.29, 1.82) is 0 Å². The molecule has 0 aliphatic carbocycles. The summed E-state index contributed by atoms with van der Waals surface area (Å²) in [6.45, 7) is 0. The van der Waals surface area contributed by atoms with Gasteiger partial charge in [0.2, 0.25) is 0 Å². The van der Waals surface area contributed by atoms with Crippen LogP contribution in [0.5, 0.6) is 5.75 Å². The first kappa shape index (κ1) is 10.8. The van der Waals surface area contributed by atoms with Crippen molar-refractivity contribution in [3.05, 3.63) is 34.3 Å². The second-order valence-electron chi connectivity index (χ2n) is 2.54. The summed E-state index contributed by atoms with van der Waals surface area (Å²) in [5.74, 6) is -0.294. The van der Waals surface area contributed by atoms with Gasteiger partial charge in [-0.15, -0.1) is 0 Å². The lowest BCUT2D eigenvalue weighted by Crippen LogP contribution is -1.93. The predicted molar refractivity (Wildman–Crippen MR) is 56.9 cm³/mol. The maximum atomic E-state index is 10.8. The summed E-state index contributed by atoms with van der Waals surface area (Å²) >= 11 is 3.20. The smallest absolute Gasteiger partial charge is 0.330 e. The molecule has 3 nitrogen and oxygen atoms in total. The summed E-state index contributed by atoms with van der Waals surface area (Å²) in [5, 5.41) is 9.33. The highest BCUT2D eigenvalue weighted by molar-refractivity contribution is 9.10. The Bertz CT molecular complexity index is 372. The number of halogens is 1. The Morgan fingerprint density at radius 2 is 2.29 bits per heavy atom. The number of phenols is 1. The van der Waals surface area contributed by atoms with E-state index in [9.17, 15) is 9.90 Å². The molecule has 14 heavy (non-hydrogen) atoms. The van der Waals surface area contributed by atoms with E-state index in [-0.39, 0.29) is 5.75 Å². The second kappa shape index (κ2) is 4.81. The van der Waals surface area contributed by atoms with Gasteiger partial charge in [-0.25, -0.2) is 4.79 Å². The molecule has 1 aromatic carbocycles. The van der Waals surface area contributed by atoms with Gasteiger partial charge in [-0.1, -0.05) is 12.1 Å². The average Bonchev–Trinajstić information content (AvgIpc) is 2.20. The van der Waals surface area contributed by atoms with Crippen LogP contribution in [0.2, 0.25) is 0 Å². The van der Waals surface area contributed by atoms with E-state index in [4.69, 9.17) is 0 Å². The molecule has 74 valence electrons. The molecule has 0 aliphatic heterocycles. The normalized spacial score (nSPS) is 10.4. The Morgan fingerprint density at radius 3 is 2.93 bits per heavy atom. The summed E-state index contributed by atoms with van der Waals surface area (Å²) in [4.78, 5) is 10.8. The molecule has 0 amide bonds. The number of aromatic hydroxyl groups is 1. The molecule has 0 spiro atoms. The van der Waals surface area contributed by atoms with Gasteiger partial charge in [0.05, 0.1) is 11.6 Å². The molecule has 0 fully saturated rings. The average molecular weight is 257 g/mol. The van der Waals surface area contributed by atoms with E-state index in [1.165, 1.54) is 13.2 Å². The Hall–Kier alpha value is -1.29. The molecule has 1 aromatic rings. The zero-order valence-corrected chi connectivity index (χ0v) is 9.11. The van der Waals surface area contributed by atoms with Gasteiger partial charge in [0, 0.05) is 6.08 Å². The van der Waals surface area contributed by atoms with Gasteiger partial charge in [0.1, 0.15) is 5.75 Å². The second-order valence-corrected chi connectivity index (χ2v) is 3.33. The van der Waals surface area contributed by atoms with Crippen LogP contribution in [-0.2, 0) is 9.53 Å². The number of hydrogen-bond donors (Lipinski definition) is 1. The molecular formula is C10H9BrO3. The molecule has 1 N–H and O–H groups in total. The van der Waals surface area contributed by atoms with Gasteiger partial charge >= 0.3 is 5.97 Å². The summed E-state index contributed by atoms with van der Waals surface area (Å²) in [6.07, 6.45) is 2.86. The molecule has 0 bridgehead atoms. The van der Waals surface area contributed by atoms with E-state index < -0.39 is 5.97 Å². The van der Waals surface area contributed by atoms with Crippen LogP contribution in [0.3, 0.4) is 0 Å². The van der Waals surface area contributed by atoms with E-state index >= 15 is 0 Å². The number of rotatable bonds is 2. The van der Waals surface area contributed by atoms with E-state index in [0.29, 0.717) is 4.47 Å². The minimum absolute atomic E-state index is 0.136. The van der Waals surface area contributed by atoms with E-state index in [1.807, 2.05) is 0 Å². The molecule has 0 saturated carbocycles. The van der Waals surface area contributed by atoms with Crippen LogP contribution in [0.1, 0.15) is 5.56 Å². The molecule has 0 unspecified atom stereocenters. The van der Waals surface area contributed by atoms with Gasteiger partial charge in [0.25, 0.3) is 0 Å². The van der Waals surface area contributed by atoms with Crippen molar-refractivity contribution in [3.63, 3.8) is 0 Å². The van der Waals surface area contributed by atoms with Crippen LogP contribution in [0.4, 0.5) is 0 Å². The van der Waals surface area contributed by atoms with Crippen molar-refractivity contribution >= 4 is 28.0 Å². The SMILES string of the molecule is COC(=O)C=Cc1cccc(O)c1Br. The van der Waals surface area contributed by atoms with Crippen molar-refractivity contribution in [1.82, 2.24) is 0 Å². The number of hydrogen-bond acceptors (Lipinski definition) is 3. The summed E-state index contributed by atoms with van der Waals surface area (Å²) in [6, 6.07) is 5.01. The van der Waals surface area contributed by atoms with E-state index in [0.717, 1.165) is 5.56 Å². The Balaban J connectivity index is 2.92. The van der Waals surface area contributed by atoms with E-state index in [2.05, 4.69) is 20.7 Å². The Kier molecular flexibility index (Phi) is 3.71. The van der Waals surface area contributed by atoms with Crippen LogP contribution in [0.15, 0.2) is 28.7 Å². The van der Waals surface area contributed by atoms with Crippen molar-refractivity contribution in [3.8, 4) is 5.75 Å². The standard InChI is InChI=1S/C10H9BrO3/c1-14-9(13)6-5-7-3-2-4-8(12)10(7)11/h2-6,12H,1H3. The molecule has 1 rings (SSSR count). The lowest BCUT2D eigenvalue weighted by molar-refractivity contribution is -0.134. The van der Waals surface area contributed by atoms with Gasteiger partial charge < -0.3 is 9.84 Å². The third kappa shape index (κ3) is 2.60. The third-order valence-electron chi connectivity index (χ3n) is 1.61. The quantitative estimate of drug-likeness (QED) is 0.653. The van der Waals surface area contributed by atoms with Crippen LogP contribution in [-0.4, -0.2) is 18.2 Å². The minimum atomic E-state index is -0.430. The Morgan fingerprint density at radius 1 is 1.57 bits per heavy atom. The fraction of sp³-hybridized carbons (Fsp3) is 0.100. The Labute approximate surface area is 90.1 Å². The highest BCUT2D eigenvalue weighted by Crippen LogP contribution is 2.27. The molecule has 0 aliphatic rings. The lowest BCUT2D eigenvalue weighted by atomic mass is 10.2. The molecule has 0 radical (unpaired) electrons. The predicted octanol–water partition coefficient (Wildman–Crippen LogP) is 2.34. The molecule has 0 saturated heterocycles. The summed E-state index contributed by atoms with van der Waals surface area (Å²) < 4.78 is 4.99. The van der Waals surface area contributed by atoms with Crippen LogP contribution < -0.4 is 0 Å². The lowest BCUT2D eigenvalue weighted by Gasteiger charge is -2.00. The van der Waals surface area contributed by atoms with Crippen LogP contribution in [0, 0.1) is 0 Å². The number of phenolic OH excluding ortho intramolecular Hbond substituents is 1. The largest absolute Gasteiger partial charge is 0.507 e. The van der Waals surface area contributed by atoms with Gasteiger partial charge in [-0.2, -0.15) is 0 Å². The number of methoxy groups -OCH3 is 1. The summed E-state index contributed by atoms with van der Waals surface area (Å²) in [5.41, 5.74) is 0.718. The third-order valence-corrected chi connectivity index (χ3v) is 2.47. The fourth-order valence-corrected chi connectivity index (χ4v) is 1.29. The fourth-order valence-electron chi connectivity index (χ4n) is 0.892. The first-order chi connectivity index (χ1) is 6.65.